The highest BCUT2D eigenvalue weighted by molar-refractivity contribution is 5.87. The summed E-state index contributed by atoms with van der Waals surface area (Å²) in [4.78, 5) is 22.9. The topological polar surface area (TPSA) is 92.4 Å². The monoisotopic (exact) mass is 330 g/mol. The number of nitrogens with zero attached hydrogens (tertiary/aromatic N) is 1. The maximum absolute atomic E-state index is 12.1. The summed E-state index contributed by atoms with van der Waals surface area (Å²) in [5.74, 6) is -0.162. The highest BCUT2D eigenvalue weighted by Crippen LogP contribution is 2.25. The van der Waals surface area contributed by atoms with Crippen LogP contribution >= 0.6 is 0 Å². The van der Waals surface area contributed by atoms with Crippen LogP contribution in [0.3, 0.4) is 0 Å². The summed E-state index contributed by atoms with van der Waals surface area (Å²) in [6, 6.07) is 6.67. The predicted octanol–water partition coefficient (Wildman–Crippen LogP) is 2.84. The van der Waals surface area contributed by atoms with E-state index in [0.29, 0.717) is 19.4 Å². The molecule has 2 N–H and O–H groups in total. The van der Waals surface area contributed by atoms with Crippen molar-refractivity contribution in [2.24, 2.45) is 0 Å². The van der Waals surface area contributed by atoms with Gasteiger partial charge >= 0.3 is 5.97 Å². The van der Waals surface area contributed by atoms with Crippen molar-refractivity contribution in [1.29, 1.82) is 0 Å². The fourth-order valence-electron chi connectivity index (χ4n) is 2.81. The first-order valence-electron chi connectivity index (χ1n) is 7.90. The maximum Gasteiger partial charge on any atom is 0.335 e. The van der Waals surface area contributed by atoms with Gasteiger partial charge in [-0.05, 0) is 43.9 Å². The Bertz CT molecular complexity index is 700. The van der Waals surface area contributed by atoms with Gasteiger partial charge in [0.25, 0.3) is 0 Å². The molecule has 1 heterocycles. The lowest BCUT2D eigenvalue weighted by atomic mass is 9.96. The second kappa shape index (κ2) is 7.77. The van der Waals surface area contributed by atoms with E-state index in [9.17, 15) is 9.59 Å². The van der Waals surface area contributed by atoms with Gasteiger partial charge in [0.15, 0.2) is 0 Å². The fourth-order valence-corrected chi connectivity index (χ4v) is 2.81. The molecule has 1 aromatic carbocycles. The van der Waals surface area contributed by atoms with Gasteiger partial charge in [0.2, 0.25) is 5.91 Å². The maximum atomic E-state index is 12.1. The number of carbonyl (C=O) groups is 2. The van der Waals surface area contributed by atoms with Gasteiger partial charge in [0.05, 0.1) is 11.3 Å². The van der Waals surface area contributed by atoms with E-state index >= 15 is 0 Å². The van der Waals surface area contributed by atoms with Crippen LogP contribution in [0.5, 0.6) is 0 Å². The van der Waals surface area contributed by atoms with Crippen LogP contribution in [0.4, 0.5) is 0 Å². The number of carbonyl (C=O) groups excluding carboxylic acids is 1. The zero-order chi connectivity index (χ0) is 17.7. The van der Waals surface area contributed by atoms with Gasteiger partial charge in [0, 0.05) is 18.5 Å². The Hall–Kier alpha value is -2.63. The summed E-state index contributed by atoms with van der Waals surface area (Å²) in [6.45, 7) is 6.22. The number of nitrogens with one attached hydrogen (secondary N) is 1. The molecule has 0 spiro atoms. The average molecular weight is 330 g/mol. The number of aryl methyl sites for hydroxylation is 2. The lowest BCUT2D eigenvalue weighted by Crippen LogP contribution is -2.26. The predicted molar refractivity (Wildman–Crippen MR) is 89.1 cm³/mol. The summed E-state index contributed by atoms with van der Waals surface area (Å²) >= 11 is 0. The van der Waals surface area contributed by atoms with Gasteiger partial charge in [-0.25, -0.2) is 4.79 Å². The molecule has 1 unspecified atom stereocenters. The molecule has 0 radical (unpaired) electrons. The first-order chi connectivity index (χ1) is 11.4. The normalized spacial score (nSPS) is 12.0. The van der Waals surface area contributed by atoms with E-state index in [2.05, 4.69) is 10.5 Å². The number of aromatic carboxylic acids is 1. The van der Waals surface area contributed by atoms with Gasteiger partial charge in [0.1, 0.15) is 5.76 Å². The SMILES string of the molecule is Cc1noc(C)c1C(C)CC(=O)NCCc1ccc(C(=O)O)cc1. The number of carboxylic acids is 1. The second-order valence-electron chi connectivity index (χ2n) is 5.95. The van der Waals surface area contributed by atoms with Crippen LogP contribution < -0.4 is 5.32 Å². The first kappa shape index (κ1) is 17.7. The van der Waals surface area contributed by atoms with Gasteiger partial charge in [-0.3, -0.25) is 4.79 Å². The van der Waals surface area contributed by atoms with E-state index in [4.69, 9.17) is 9.63 Å². The molecule has 0 saturated carbocycles. The number of amides is 1. The fraction of sp³-hybridized carbons (Fsp3) is 0.389. The quantitative estimate of drug-likeness (QED) is 0.814. The minimum atomic E-state index is -0.942. The lowest BCUT2D eigenvalue weighted by Gasteiger charge is -2.11. The number of hydrogen-bond acceptors (Lipinski definition) is 4. The molecule has 1 atom stereocenters. The molecule has 6 heteroatoms. The second-order valence-corrected chi connectivity index (χ2v) is 5.95. The van der Waals surface area contributed by atoms with E-state index in [-0.39, 0.29) is 17.4 Å². The molecule has 128 valence electrons. The molecule has 0 fully saturated rings. The summed E-state index contributed by atoms with van der Waals surface area (Å²) < 4.78 is 5.14. The third-order valence-corrected chi connectivity index (χ3v) is 4.01. The Labute approximate surface area is 140 Å². The van der Waals surface area contributed by atoms with E-state index in [0.717, 1.165) is 22.6 Å². The Morgan fingerprint density at radius 2 is 1.92 bits per heavy atom. The Balaban J connectivity index is 1.80. The van der Waals surface area contributed by atoms with Crippen molar-refractivity contribution in [3.8, 4) is 0 Å². The Kier molecular flexibility index (Phi) is 5.73. The summed E-state index contributed by atoms with van der Waals surface area (Å²) in [7, 11) is 0. The molecule has 1 aromatic heterocycles. The van der Waals surface area contributed by atoms with Gasteiger partial charge in [-0.2, -0.15) is 0 Å². The van der Waals surface area contributed by atoms with Crippen LogP contribution in [-0.4, -0.2) is 28.7 Å². The molecule has 2 aromatic rings. The largest absolute Gasteiger partial charge is 0.478 e. The zero-order valence-electron chi connectivity index (χ0n) is 14.1. The van der Waals surface area contributed by atoms with E-state index in [1.807, 2.05) is 20.8 Å². The average Bonchev–Trinajstić information content (AvgIpc) is 2.86. The third-order valence-electron chi connectivity index (χ3n) is 4.01. The lowest BCUT2D eigenvalue weighted by molar-refractivity contribution is -0.121. The molecule has 1 amide bonds. The summed E-state index contributed by atoms with van der Waals surface area (Å²) in [5.41, 5.74) is 3.07. The van der Waals surface area contributed by atoms with Crippen molar-refractivity contribution in [3.63, 3.8) is 0 Å². The van der Waals surface area contributed by atoms with Crippen molar-refractivity contribution >= 4 is 11.9 Å². The molecule has 0 bridgehead atoms. The molecule has 0 saturated heterocycles. The smallest absolute Gasteiger partial charge is 0.335 e. The number of carboxylic acid groups (broad SMARTS) is 1. The van der Waals surface area contributed by atoms with Gasteiger partial charge < -0.3 is 14.9 Å². The number of aromatic nitrogens is 1. The molecule has 6 nitrogen and oxygen atoms in total. The molecule has 0 aliphatic heterocycles. The van der Waals surface area contributed by atoms with Crippen LogP contribution in [0.1, 0.15) is 52.2 Å². The summed E-state index contributed by atoms with van der Waals surface area (Å²) in [5, 5.41) is 15.7. The van der Waals surface area contributed by atoms with Crippen LogP contribution in [0, 0.1) is 13.8 Å². The van der Waals surface area contributed by atoms with Crippen LogP contribution in [0.15, 0.2) is 28.8 Å². The zero-order valence-corrected chi connectivity index (χ0v) is 14.1. The molecular formula is C18H22N2O4. The van der Waals surface area contributed by atoms with Crippen LogP contribution in [0.25, 0.3) is 0 Å². The van der Waals surface area contributed by atoms with Crippen LogP contribution in [0.2, 0.25) is 0 Å². The highest BCUT2D eigenvalue weighted by Gasteiger charge is 2.19. The van der Waals surface area contributed by atoms with Gasteiger partial charge in [-0.15, -0.1) is 0 Å². The van der Waals surface area contributed by atoms with E-state index in [1.54, 1.807) is 24.3 Å². The number of benzene rings is 1. The molecule has 0 aliphatic carbocycles. The van der Waals surface area contributed by atoms with Crippen LogP contribution in [-0.2, 0) is 11.2 Å². The summed E-state index contributed by atoms with van der Waals surface area (Å²) in [6.07, 6.45) is 1.03. The highest BCUT2D eigenvalue weighted by atomic mass is 16.5. The molecular weight excluding hydrogens is 308 g/mol. The first-order valence-corrected chi connectivity index (χ1v) is 7.90. The van der Waals surface area contributed by atoms with E-state index < -0.39 is 5.97 Å². The number of hydrogen-bond donors (Lipinski definition) is 2. The minimum absolute atomic E-state index is 0.0235. The molecule has 2 rings (SSSR count). The molecule has 0 aliphatic rings. The minimum Gasteiger partial charge on any atom is -0.478 e. The molecule has 24 heavy (non-hydrogen) atoms. The van der Waals surface area contributed by atoms with Crippen molar-refractivity contribution in [2.45, 2.75) is 39.5 Å². The van der Waals surface area contributed by atoms with Crippen molar-refractivity contribution in [3.05, 3.63) is 52.4 Å². The third kappa shape index (κ3) is 4.44. The van der Waals surface area contributed by atoms with E-state index in [1.165, 1.54) is 0 Å². The Morgan fingerprint density at radius 1 is 1.25 bits per heavy atom. The Morgan fingerprint density at radius 3 is 2.46 bits per heavy atom. The van der Waals surface area contributed by atoms with Crippen molar-refractivity contribution in [1.82, 2.24) is 10.5 Å². The van der Waals surface area contributed by atoms with Gasteiger partial charge in [-0.1, -0.05) is 24.2 Å². The standard InChI is InChI=1S/C18H22N2O4/c1-11(17-12(2)20-24-13(17)3)10-16(21)19-9-8-14-4-6-15(7-5-14)18(22)23/h4-7,11H,8-10H2,1-3H3,(H,19,21)(H,22,23). The van der Waals surface area contributed by atoms with Crippen molar-refractivity contribution in [2.75, 3.05) is 6.54 Å². The van der Waals surface area contributed by atoms with Crippen molar-refractivity contribution < 1.29 is 19.2 Å². The number of rotatable bonds is 7.